The first kappa shape index (κ1) is 14.8. The van der Waals surface area contributed by atoms with E-state index in [1.807, 2.05) is 32.0 Å². The van der Waals surface area contributed by atoms with E-state index in [1.54, 1.807) is 10.8 Å². The highest BCUT2D eigenvalue weighted by Crippen LogP contribution is 2.20. The lowest BCUT2D eigenvalue weighted by Crippen LogP contribution is -2.39. The molecule has 0 aliphatic carbocycles. The summed E-state index contributed by atoms with van der Waals surface area (Å²) in [5, 5.41) is 16.3. The first-order valence-corrected chi connectivity index (χ1v) is 8.18. The van der Waals surface area contributed by atoms with Crippen LogP contribution in [0.4, 0.5) is 11.6 Å². The predicted octanol–water partition coefficient (Wildman–Crippen LogP) is 1.61. The minimum Gasteiger partial charge on any atom is -0.367 e. The van der Waals surface area contributed by atoms with Crippen molar-refractivity contribution in [3.05, 3.63) is 36.0 Å². The van der Waals surface area contributed by atoms with Crippen molar-refractivity contribution in [2.24, 2.45) is 0 Å². The number of nitrogens with zero attached hydrogens (tertiary/aromatic N) is 7. The van der Waals surface area contributed by atoms with E-state index in [-0.39, 0.29) is 0 Å². The lowest BCUT2D eigenvalue weighted by atomic mass is 10.1. The largest absolute Gasteiger partial charge is 0.367 e. The molecule has 0 spiro atoms. The number of anilines is 2. The SMILES string of the molecule is Cc1cc(NC2CCN(c3ccc4nnc(C)n4n3)CC2)ncn1. The molecule has 0 radical (unpaired) electrons. The Hall–Kier alpha value is -2.77. The minimum absolute atomic E-state index is 0.427. The van der Waals surface area contributed by atoms with Crippen LogP contribution in [-0.4, -0.2) is 48.9 Å². The maximum absolute atomic E-state index is 4.66. The first-order valence-electron chi connectivity index (χ1n) is 8.18. The van der Waals surface area contributed by atoms with Crippen molar-refractivity contribution in [1.29, 1.82) is 0 Å². The predicted molar refractivity (Wildman–Crippen MR) is 91.1 cm³/mol. The molecular weight excluding hydrogens is 304 g/mol. The van der Waals surface area contributed by atoms with Crippen LogP contribution < -0.4 is 10.2 Å². The van der Waals surface area contributed by atoms with Gasteiger partial charge in [-0.25, -0.2) is 9.97 Å². The molecule has 0 saturated carbocycles. The van der Waals surface area contributed by atoms with Crippen molar-refractivity contribution in [2.45, 2.75) is 32.7 Å². The summed E-state index contributed by atoms with van der Waals surface area (Å²) >= 11 is 0. The molecule has 3 aromatic rings. The van der Waals surface area contributed by atoms with Gasteiger partial charge in [0.15, 0.2) is 11.5 Å². The fraction of sp³-hybridized carbons (Fsp3) is 0.438. The molecule has 0 atom stereocenters. The van der Waals surface area contributed by atoms with E-state index in [0.29, 0.717) is 6.04 Å². The zero-order valence-corrected chi connectivity index (χ0v) is 13.8. The number of hydrogen-bond donors (Lipinski definition) is 1. The molecule has 24 heavy (non-hydrogen) atoms. The summed E-state index contributed by atoms with van der Waals surface area (Å²) in [6.07, 6.45) is 3.70. The molecule has 0 unspecified atom stereocenters. The highest BCUT2D eigenvalue weighted by Gasteiger charge is 2.21. The molecule has 0 aromatic carbocycles. The highest BCUT2D eigenvalue weighted by atomic mass is 15.4. The summed E-state index contributed by atoms with van der Waals surface area (Å²) in [6, 6.07) is 6.40. The molecule has 0 bridgehead atoms. The lowest BCUT2D eigenvalue weighted by Gasteiger charge is -2.33. The molecule has 3 aromatic heterocycles. The van der Waals surface area contributed by atoms with Crippen LogP contribution in [-0.2, 0) is 0 Å². The van der Waals surface area contributed by atoms with Crippen molar-refractivity contribution in [3.63, 3.8) is 0 Å². The summed E-state index contributed by atoms with van der Waals surface area (Å²) in [7, 11) is 0. The van der Waals surface area contributed by atoms with Crippen LogP contribution >= 0.6 is 0 Å². The van der Waals surface area contributed by atoms with Crippen LogP contribution in [0.1, 0.15) is 24.4 Å². The third-order valence-electron chi connectivity index (χ3n) is 4.38. The van der Waals surface area contributed by atoms with Crippen LogP contribution in [0.5, 0.6) is 0 Å². The number of fused-ring (bicyclic) bond motifs is 1. The maximum atomic E-state index is 4.66. The van der Waals surface area contributed by atoms with Crippen LogP contribution in [0.3, 0.4) is 0 Å². The number of aromatic nitrogens is 6. The molecule has 1 fully saturated rings. The average molecular weight is 324 g/mol. The molecule has 8 nitrogen and oxygen atoms in total. The van der Waals surface area contributed by atoms with Gasteiger partial charge in [-0.1, -0.05) is 0 Å². The topological polar surface area (TPSA) is 84.1 Å². The summed E-state index contributed by atoms with van der Waals surface area (Å²) in [4.78, 5) is 10.7. The standard InChI is InChI=1S/C16H20N8/c1-11-9-14(18-10-17-11)19-13-5-7-23(8-6-13)16-4-3-15-21-20-12(2)24(15)22-16/h3-4,9-10,13H,5-8H2,1-2H3,(H,17,18,19). The van der Waals surface area contributed by atoms with Gasteiger partial charge in [-0.15, -0.1) is 15.3 Å². The number of nitrogens with one attached hydrogen (secondary N) is 1. The quantitative estimate of drug-likeness (QED) is 0.783. The Morgan fingerprint density at radius 3 is 2.71 bits per heavy atom. The van der Waals surface area contributed by atoms with Crippen LogP contribution in [0.25, 0.3) is 5.65 Å². The Labute approximate surface area is 140 Å². The zero-order chi connectivity index (χ0) is 16.5. The van der Waals surface area contributed by atoms with E-state index in [0.717, 1.165) is 54.7 Å². The molecule has 8 heteroatoms. The van der Waals surface area contributed by atoms with Crippen molar-refractivity contribution in [1.82, 2.24) is 29.8 Å². The summed E-state index contributed by atoms with van der Waals surface area (Å²) in [6.45, 7) is 5.81. The van der Waals surface area contributed by atoms with E-state index >= 15 is 0 Å². The van der Waals surface area contributed by atoms with Crippen molar-refractivity contribution in [2.75, 3.05) is 23.3 Å². The van der Waals surface area contributed by atoms with Gasteiger partial charge in [-0.05, 0) is 38.8 Å². The van der Waals surface area contributed by atoms with Gasteiger partial charge in [0, 0.05) is 30.9 Å². The zero-order valence-electron chi connectivity index (χ0n) is 13.8. The average Bonchev–Trinajstić information content (AvgIpc) is 2.96. The smallest absolute Gasteiger partial charge is 0.178 e. The molecule has 124 valence electrons. The molecule has 1 aliphatic rings. The van der Waals surface area contributed by atoms with Gasteiger partial charge in [0.1, 0.15) is 18.0 Å². The van der Waals surface area contributed by atoms with E-state index in [4.69, 9.17) is 0 Å². The highest BCUT2D eigenvalue weighted by molar-refractivity contribution is 5.46. The Bertz CT molecular complexity index is 850. The summed E-state index contributed by atoms with van der Waals surface area (Å²) in [5.41, 5.74) is 1.76. The summed E-state index contributed by atoms with van der Waals surface area (Å²) < 4.78 is 1.79. The molecule has 0 amide bonds. The van der Waals surface area contributed by atoms with Crippen molar-refractivity contribution >= 4 is 17.3 Å². The van der Waals surface area contributed by atoms with Gasteiger partial charge in [-0.3, -0.25) is 0 Å². The van der Waals surface area contributed by atoms with Gasteiger partial charge in [0.25, 0.3) is 0 Å². The van der Waals surface area contributed by atoms with E-state index in [1.165, 1.54) is 0 Å². The molecule has 4 heterocycles. The van der Waals surface area contributed by atoms with Crippen LogP contribution in [0, 0.1) is 13.8 Å². The first-order chi connectivity index (χ1) is 11.7. The molecule has 1 N–H and O–H groups in total. The third-order valence-corrected chi connectivity index (χ3v) is 4.38. The second-order valence-corrected chi connectivity index (χ2v) is 6.16. The van der Waals surface area contributed by atoms with Crippen molar-refractivity contribution < 1.29 is 0 Å². The number of hydrogen-bond acceptors (Lipinski definition) is 7. The fourth-order valence-electron chi connectivity index (χ4n) is 3.05. The van der Waals surface area contributed by atoms with E-state index < -0.39 is 0 Å². The molecule has 1 aliphatic heterocycles. The molecular formula is C16H20N8. The number of aryl methyl sites for hydroxylation is 2. The van der Waals surface area contributed by atoms with Gasteiger partial charge < -0.3 is 10.2 Å². The Morgan fingerprint density at radius 1 is 1.08 bits per heavy atom. The maximum Gasteiger partial charge on any atom is 0.178 e. The lowest BCUT2D eigenvalue weighted by molar-refractivity contribution is 0.520. The second-order valence-electron chi connectivity index (χ2n) is 6.16. The fourth-order valence-corrected chi connectivity index (χ4v) is 3.05. The Morgan fingerprint density at radius 2 is 1.92 bits per heavy atom. The Balaban J connectivity index is 1.42. The van der Waals surface area contributed by atoms with Crippen molar-refractivity contribution in [3.8, 4) is 0 Å². The van der Waals surface area contributed by atoms with Crippen LogP contribution in [0.15, 0.2) is 24.5 Å². The molecule has 1 saturated heterocycles. The monoisotopic (exact) mass is 324 g/mol. The van der Waals surface area contributed by atoms with E-state index in [2.05, 4.69) is 35.5 Å². The van der Waals surface area contributed by atoms with Gasteiger partial charge in [0.05, 0.1) is 0 Å². The summed E-state index contributed by atoms with van der Waals surface area (Å²) in [5.74, 6) is 2.69. The Kier molecular flexibility index (Phi) is 3.72. The van der Waals surface area contributed by atoms with Gasteiger partial charge in [0.2, 0.25) is 0 Å². The third kappa shape index (κ3) is 2.86. The number of rotatable bonds is 3. The van der Waals surface area contributed by atoms with Gasteiger partial charge >= 0.3 is 0 Å². The number of piperidine rings is 1. The minimum atomic E-state index is 0.427. The normalized spacial score (nSPS) is 15.8. The van der Waals surface area contributed by atoms with Crippen LogP contribution in [0.2, 0.25) is 0 Å². The van der Waals surface area contributed by atoms with Gasteiger partial charge in [-0.2, -0.15) is 4.52 Å². The second kappa shape index (κ2) is 6.03. The van der Waals surface area contributed by atoms with E-state index in [9.17, 15) is 0 Å². The molecule has 4 rings (SSSR count).